The molecule has 1 atom stereocenters. The summed E-state index contributed by atoms with van der Waals surface area (Å²) in [4.78, 5) is 0. The minimum Gasteiger partial charge on any atom is -0.392 e. The van der Waals surface area contributed by atoms with Crippen molar-refractivity contribution < 1.29 is 5.11 Å². The van der Waals surface area contributed by atoms with E-state index in [0.717, 1.165) is 16.8 Å². The van der Waals surface area contributed by atoms with Crippen LogP contribution in [-0.4, -0.2) is 5.11 Å². The molecule has 2 aromatic carbocycles. The lowest BCUT2D eigenvalue weighted by Gasteiger charge is -2.17. The summed E-state index contributed by atoms with van der Waals surface area (Å²) in [5.41, 5.74) is 2.82. The number of halogens is 2. The zero-order valence-corrected chi connectivity index (χ0v) is 12.0. The van der Waals surface area contributed by atoms with Gasteiger partial charge < -0.3 is 10.4 Å². The van der Waals surface area contributed by atoms with Crippen LogP contribution in [0.2, 0.25) is 10.0 Å². The van der Waals surface area contributed by atoms with Crippen LogP contribution in [0.1, 0.15) is 24.1 Å². The molecule has 1 unspecified atom stereocenters. The van der Waals surface area contributed by atoms with Gasteiger partial charge in [0.15, 0.2) is 0 Å². The molecule has 19 heavy (non-hydrogen) atoms. The molecule has 0 heterocycles. The lowest BCUT2D eigenvalue weighted by molar-refractivity contribution is 0.282. The van der Waals surface area contributed by atoms with Crippen LogP contribution in [0.5, 0.6) is 0 Å². The number of nitrogens with one attached hydrogen (secondary N) is 1. The standard InChI is InChI=1S/C15H15Cl2NO/c1-10(14-8-12(16)4-7-15(14)17)18-13-5-2-11(9-19)3-6-13/h2-8,10,18-19H,9H2,1H3. The number of rotatable bonds is 4. The predicted molar refractivity (Wildman–Crippen MR) is 80.9 cm³/mol. The molecule has 0 spiro atoms. The van der Waals surface area contributed by atoms with Gasteiger partial charge in [-0.15, -0.1) is 0 Å². The van der Waals surface area contributed by atoms with Crippen molar-refractivity contribution in [2.45, 2.75) is 19.6 Å². The molecule has 0 saturated carbocycles. The number of hydrogen-bond acceptors (Lipinski definition) is 2. The summed E-state index contributed by atoms with van der Waals surface area (Å²) in [7, 11) is 0. The first-order valence-corrected chi connectivity index (χ1v) is 6.77. The van der Waals surface area contributed by atoms with Gasteiger partial charge in [-0.3, -0.25) is 0 Å². The fraction of sp³-hybridized carbons (Fsp3) is 0.200. The molecule has 0 aromatic heterocycles. The Hall–Kier alpha value is -1.22. The molecule has 2 rings (SSSR count). The molecule has 100 valence electrons. The highest BCUT2D eigenvalue weighted by atomic mass is 35.5. The molecule has 0 radical (unpaired) electrons. The van der Waals surface area contributed by atoms with E-state index in [1.165, 1.54) is 0 Å². The fourth-order valence-corrected chi connectivity index (χ4v) is 2.34. The SMILES string of the molecule is CC(Nc1ccc(CO)cc1)c1cc(Cl)ccc1Cl. The van der Waals surface area contributed by atoms with Gasteiger partial charge in [0.25, 0.3) is 0 Å². The van der Waals surface area contributed by atoms with Gasteiger partial charge in [-0.2, -0.15) is 0 Å². The Morgan fingerprint density at radius 2 is 1.79 bits per heavy atom. The molecule has 0 aliphatic rings. The van der Waals surface area contributed by atoms with Crippen molar-refractivity contribution in [3.63, 3.8) is 0 Å². The van der Waals surface area contributed by atoms with E-state index >= 15 is 0 Å². The smallest absolute Gasteiger partial charge is 0.0681 e. The number of anilines is 1. The van der Waals surface area contributed by atoms with Gasteiger partial charge in [0.1, 0.15) is 0 Å². The molecule has 2 nitrogen and oxygen atoms in total. The molecule has 4 heteroatoms. The highest BCUT2D eigenvalue weighted by Gasteiger charge is 2.10. The maximum Gasteiger partial charge on any atom is 0.0681 e. The van der Waals surface area contributed by atoms with Gasteiger partial charge in [0.05, 0.1) is 12.6 Å². The Morgan fingerprint density at radius 3 is 2.42 bits per heavy atom. The van der Waals surface area contributed by atoms with Crippen molar-refractivity contribution in [2.75, 3.05) is 5.32 Å². The van der Waals surface area contributed by atoms with E-state index in [9.17, 15) is 0 Å². The fourth-order valence-electron chi connectivity index (χ4n) is 1.88. The van der Waals surface area contributed by atoms with Crippen molar-refractivity contribution in [3.8, 4) is 0 Å². The third kappa shape index (κ3) is 3.63. The molecule has 0 saturated heterocycles. The van der Waals surface area contributed by atoms with Crippen LogP contribution in [0.3, 0.4) is 0 Å². The van der Waals surface area contributed by atoms with E-state index in [1.54, 1.807) is 12.1 Å². The molecule has 2 aromatic rings. The monoisotopic (exact) mass is 295 g/mol. The van der Waals surface area contributed by atoms with Crippen LogP contribution in [-0.2, 0) is 6.61 Å². The lowest BCUT2D eigenvalue weighted by atomic mass is 10.1. The molecule has 2 N–H and O–H groups in total. The number of aliphatic hydroxyl groups is 1. The minimum atomic E-state index is 0.0474. The van der Waals surface area contributed by atoms with Crippen LogP contribution in [0.4, 0.5) is 5.69 Å². The van der Waals surface area contributed by atoms with Crippen molar-refractivity contribution in [1.29, 1.82) is 0 Å². The summed E-state index contributed by atoms with van der Waals surface area (Å²) in [6.45, 7) is 2.08. The van der Waals surface area contributed by atoms with E-state index in [4.69, 9.17) is 28.3 Å². The summed E-state index contributed by atoms with van der Waals surface area (Å²) < 4.78 is 0. The molecule has 0 aliphatic heterocycles. The highest BCUT2D eigenvalue weighted by Crippen LogP contribution is 2.28. The third-order valence-electron chi connectivity index (χ3n) is 2.94. The second-order valence-electron chi connectivity index (χ2n) is 4.39. The second-order valence-corrected chi connectivity index (χ2v) is 5.23. The summed E-state index contributed by atoms with van der Waals surface area (Å²) >= 11 is 12.2. The number of hydrogen-bond donors (Lipinski definition) is 2. The molecule has 0 bridgehead atoms. The molecule has 0 fully saturated rings. The molecular weight excluding hydrogens is 281 g/mol. The lowest BCUT2D eigenvalue weighted by Crippen LogP contribution is -2.07. The van der Waals surface area contributed by atoms with Crippen LogP contribution in [0.15, 0.2) is 42.5 Å². The van der Waals surface area contributed by atoms with E-state index in [-0.39, 0.29) is 12.6 Å². The van der Waals surface area contributed by atoms with Gasteiger partial charge >= 0.3 is 0 Å². The topological polar surface area (TPSA) is 32.3 Å². The van der Waals surface area contributed by atoms with Gasteiger partial charge in [-0.1, -0.05) is 35.3 Å². The van der Waals surface area contributed by atoms with Crippen LogP contribution >= 0.6 is 23.2 Å². The molecule has 0 amide bonds. The van der Waals surface area contributed by atoms with Crippen molar-refractivity contribution >= 4 is 28.9 Å². The maximum absolute atomic E-state index is 9.00. The maximum atomic E-state index is 9.00. The normalized spacial score (nSPS) is 12.2. The largest absolute Gasteiger partial charge is 0.392 e. The highest BCUT2D eigenvalue weighted by molar-refractivity contribution is 6.33. The number of benzene rings is 2. The van der Waals surface area contributed by atoms with Crippen molar-refractivity contribution in [2.24, 2.45) is 0 Å². The first-order chi connectivity index (χ1) is 9.10. The number of aliphatic hydroxyl groups excluding tert-OH is 1. The summed E-state index contributed by atoms with van der Waals surface area (Å²) in [6, 6.07) is 13.1. The Kier molecular flexibility index (Phi) is 4.70. The Labute approximate surface area is 123 Å². The Bertz CT molecular complexity index is 555. The average Bonchev–Trinajstić information content (AvgIpc) is 2.42. The first-order valence-electron chi connectivity index (χ1n) is 6.01. The van der Waals surface area contributed by atoms with Crippen LogP contribution in [0, 0.1) is 0 Å². The third-order valence-corrected chi connectivity index (χ3v) is 3.52. The van der Waals surface area contributed by atoms with E-state index < -0.39 is 0 Å². The quantitative estimate of drug-likeness (QED) is 0.860. The second kappa shape index (κ2) is 6.29. The Morgan fingerprint density at radius 1 is 1.11 bits per heavy atom. The van der Waals surface area contributed by atoms with E-state index in [0.29, 0.717) is 10.0 Å². The van der Waals surface area contributed by atoms with Crippen molar-refractivity contribution in [1.82, 2.24) is 0 Å². The minimum absolute atomic E-state index is 0.0474. The van der Waals surface area contributed by atoms with Gasteiger partial charge in [-0.25, -0.2) is 0 Å². The van der Waals surface area contributed by atoms with E-state index in [2.05, 4.69) is 5.32 Å². The van der Waals surface area contributed by atoms with Gasteiger partial charge in [0.2, 0.25) is 0 Å². The van der Waals surface area contributed by atoms with Gasteiger partial charge in [-0.05, 0) is 48.4 Å². The zero-order chi connectivity index (χ0) is 13.8. The van der Waals surface area contributed by atoms with Gasteiger partial charge in [0, 0.05) is 15.7 Å². The van der Waals surface area contributed by atoms with E-state index in [1.807, 2.05) is 37.3 Å². The molecule has 0 aliphatic carbocycles. The summed E-state index contributed by atoms with van der Waals surface area (Å²) in [6.07, 6.45) is 0. The zero-order valence-electron chi connectivity index (χ0n) is 10.5. The predicted octanol–water partition coefficient (Wildman–Crippen LogP) is 4.66. The van der Waals surface area contributed by atoms with Crippen molar-refractivity contribution in [3.05, 3.63) is 63.6 Å². The first kappa shape index (κ1) is 14.2. The average molecular weight is 296 g/mol. The van der Waals surface area contributed by atoms with Crippen LogP contribution in [0.25, 0.3) is 0 Å². The van der Waals surface area contributed by atoms with Crippen LogP contribution < -0.4 is 5.32 Å². The molecular formula is C15H15Cl2NO. The Balaban J connectivity index is 2.15. The summed E-state index contributed by atoms with van der Waals surface area (Å²) in [5.74, 6) is 0. The summed E-state index contributed by atoms with van der Waals surface area (Å²) in [5, 5.41) is 13.7.